The quantitative estimate of drug-likeness (QED) is 0.706. The maximum Gasteiger partial charge on any atom is 0.220 e. The second-order valence-electron chi connectivity index (χ2n) is 5.09. The van der Waals surface area contributed by atoms with Crippen LogP contribution in [0.2, 0.25) is 0 Å². The van der Waals surface area contributed by atoms with Gasteiger partial charge in [0.2, 0.25) is 5.91 Å². The molecule has 1 heterocycles. The number of hydrogen-bond acceptors (Lipinski definition) is 4. The van der Waals surface area contributed by atoms with Crippen LogP contribution in [0.15, 0.2) is 24.3 Å². The molecule has 2 rings (SSSR count). The molecule has 1 fully saturated rings. The Bertz CT molecular complexity index is 431. The van der Waals surface area contributed by atoms with E-state index in [1.807, 2.05) is 24.3 Å². The number of nitrogens with one attached hydrogen (secondary N) is 2. The van der Waals surface area contributed by atoms with E-state index in [-0.39, 0.29) is 12.3 Å². The van der Waals surface area contributed by atoms with E-state index >= 15 is 0 Å². The third-order valence-corrected chi connectivity index (χ3v) is 3.44. The Balaban J connectivity index is 1.84. The molecule has 1 unspecified atom stereocenters. The second kappa shape index (κ2) is 7.75. The molecule has 1 atom stereocenters. The van der Waals surface area contributed by atoms with Crippen molar-refractivity contribution in [2.75, 3.05) is 25.0 Å². The minimum Gasteiger partial charge on any atom is -0.491 e. The Morgan fingerprint density at radius 2 is 2.25 bits per heavy atom. The van der Waals surface area contributed by atoms with Crippen molar-refractivity contribution in [1.82, 2.24) is 5.32 Å². The highest BCUT2D eigenvalue weighted by molar-refractivity contribution is 5.73. The Morgan fingerprint density at radius 3 is 3.00 bits per heavy atom. The van der Waals surface area contributed by atoms with Crippen molar-refractivity contribution in [1.29, 1.82) is 0 Å². The first-order chi connectivity index (χ1) is 9.75. The summed E-state index contributed by atoms with van der Waals surface area (Å²) >= 11 is 0. The van der Waals surface area contributed by atoms with Gasteiger partial charge in [-0.05, 0) is 31.5 Å². The lowest BCUT2D eigenvalue weighted by Crippen LogP contribution is -2.39. The normalized spacial score (nSPS) is 18.5. The largest absolute Gasteiger partial charge is 0.491 e. The van der Waals surface area contributed by atoms with Gasteiger partial charge < -0.3 is 21.1 Å². The summed E-state index contributed by atoms with van der Waals surface area (Å²) in [6.45, 7) is 2.30. The zero-order valence-corrected chi connectivity index (χ0v) is 11.7. The van der Waals surface area contributed by atoms with Gasteiger partial charge in [0.25, 0.3) is 0 Å². The van der Waals surface area contributed by atoms with Crippen molar-refractivity contribution in [2.45, 2.75) is 31.7 Å². The van der Waals surface area contributed by atoms with Gasteiger partial charge in [0.05, 0.1) is 18.7 Å². The molecule has 1 aromatic rings. The number of anilines is 1. The molecule has 1 aromatic carbocycles. The van der Waals surface area contributed by atoms with Crippen molar-refractivity contribution in [3.05, 3.63) is 24.3 Å². The van der Waals surface area contributed by atoms with Crippen LogP contribution in [0.4, 0.5) is 5.69 Å². The van der Waals surface area contributed by atoms with Gasteiger partial charge in [-0.1, -0.05) is 18.6 Å². The number of primary amides is 1. The highest BCUT2D eigenvalue weighted by Gasteiger charge is 2.12. The fourth-order valence-electron chi connectivity index (χ4n) is 2.33. The Labute approximate surface area is 119 Å². The van der Waals surface area contributed by atoms with Crippen molar-refractivity contribution in [3.63, 3.8) is 0 Å². The lowest BCUT2D eigenvalue weighted by Gasteiger charge is -2.24. The topological polar surface area (TPSA) is 76.4 Å². The maximum atomic E-state index is 10.7. The zero-order valence-electron chi connectivity index (χ0n) is 11.7. The standard InChI is InChI=1S/C15H23N3O2/c16-15(19)8-10-20-14-7-2-1-6-13(14)18-11-12-5-3-4-9-17-12/h1-2,6-7,12,17-18H,3-5,8-11H2,(H2,16,19). The van der Waals surface area contributed by atoms with Gasteiger partial charge in [-0.25, -0.2) is 0 Å². The molecule has 1 aliphatic heterocycles. The summed E-state index contributed by atoms with van der Waals surface area (Å²) < 4.78 is 5.60. The van der Waals surface area contributed by atoms with E-state index in [2.05, 4.69) is 10.6 Å². The fraction of sp³-hybridized carbons (Fsp3) is 0.533. The van der Waals surface area contributed by atoms with Crippen LogP contribution >= 0.6 is 0 Å². The van der Waals surface area contributed by atoms with Crippen LogP contribution in [0, 0.1) is 0 Å². The highest BCUT2D eigenvalue weighted by Crippen LogP contribution is 2.24. The van der Waals surface area contributed by atoms with E-state index in [1.54, 1.807) is 0 Å². The predicted molar refractivity (Wildman–Crippen MR) is 79.9 cm³/mol. The molecule has 0 bridgehead atoms. The first kappa shape index (κ1) is 14.7. The number of nitrogens with two attached hydrogens (primary N) is 1. The van der Waals surface area contributed by atoms with E-state index < -0.39 is 0 Å². The summed E-state index contributed by atoms with van der Waals surface area (Å²) in [7, 11) is 0. The predicted octanol–water partition coefficient (Wildman–Crippen LogP) is 1.49. The Kier molecular flexibility index (Phi) is 5.68. The van der Waals surface area contributed by atoms with Crippen LogP contribution in [0.3, 0.4) is 0 Å². The number of ether oxygens (including phenoxy) is 1. The fourth-order valence-corrected chi connectivity index (χ4v) is 2.33. The molecule has 0 radical (unpaired) electrons. The molecule has 1 amide bonds. The second-order valence-corrected chi connectivity index (χ2v) is 5.09. The van der Waals surface area contributed by atoms with E-state index in [1.165, 1.54) is 19.3 Å². The minimum atomic E-state index is -0.346. The van der Waals surface area contributed by atoms with Crippen molar-refractivity contribution < 1.29 is 9.53 Å². The number of amides is 1. The summed E-state index contributed by atoms with van der Waals surface area (Å²) in [5.74, 6) is 0.423. The van der Waals surface area contributed by atoms with Crippen molar-refractivity contribution in [2.24, 2.45) is 5.73 Å². The van der Waals surface area contributed by atoms with E-state index in [0.29, 0.717) is 12.6 Å². The number of rotatable bonds is 7. The Hall–Kier alpha value is -1.75. The summed E-state index contributed by atoms with van der Waals surface area (Å²) in [6, 6.07) is 8.30. The number of carbonyl (C=O) groups excluding carboxylic acids is 1. The van der Waals surface area contributed by atoms with Gasteiger partial charge in [-0.2, -0.15) is 0 Å². The number of para-hydroxylation sites is 2. The SMILES string of the molecule is NC(=O)CCOc1ccccc1NCC1CCCCN1. The number of hydrogen-bond donors (Lipinski definition) is 3. The summed E-state index contributed by atoms with van der Waals surface area (Å²) in [5, 5.41) is 6.92. The van der Waals surface area contributed by atoms with E-state index in [9.17, 15) is 4.79 Å². The molecule has 0 aromatic heterocycles. The molecule has 5 nitrogen and oxygen atoms in total. The smallest absolute Gasteiger partial charge is 0.220 e. The van der Waals surface area contributed by atoms with Gasteiger partial charge in [0.1, 0.15) is 5.75 Å². The first-order valence-electron chi connectivity index (χ1n) is 7.23. The molecule has 0 spiro atoms. The highest BCUT2D eigenvalue weighted by atomic mass is 16.5. The molecule has 20 heavy (non-hydrogen) atoms. The first-order valence-corrected chi connectivity index (χ1v) is 7.23. The van der Waals surface area contributed by atoms with E-state index in [0.717, 1.165) is 24.5 Å². The molecular weight excluding hydrogens is 254 g/mol. The van der Waals surface area contributed by atoms with Crippen LogP contribution in [0.5, 0.6) is 5.75 Å². The van der Waals surface area contributed by atoms with Crippen molar-refractivity contribution in [3.8, 4) is 5.75 Å². The van der Waals surface area contributed by atoms with Crippen LogP contribution in [-0.2, 0) is 4.79 Å². The van der Waals surface area contributed by atoms with Gasteiger partial charge in [-0.3, -0.25) is 4.79 Å². The molecule has 4 N–H and O–H groups in total. The van der Waals surface area contributed by atoms with Gasteiger partial charge in [-0.15, -0.1) is 0 Å². The Morgan fingerprint density at radius 1 is 1.40 bits per heavy atom. The monoisotopic (exact) mass is 277 g/mol. The summed E-state index contributed by atoms with van der Waals surface area (Å²) in [5.41, 5.74) is 6.07. The van der Waals surface area contributed by atoms with Gasteiger partial charge >= 0.3 is 0 Å². The van der Waals surface area contributed by atoms with Gasteiger partial charge in [0, 0.05) is 12.6 Å². The van der Waals surface area contributed by atoms with Crippen molar-refractivity contribution >= 4 is 11.6 Å². The lowest BCUT2D eigenvalue weighted by atomic mass is 10.1. The van der Waals surface area contributed by atoms with Crippen LogP contribution in [-0.4, -0.2) is 31.6 Å². The third kappa shape index (κ3) is 4.74. The molecule has 0 saturated carbocycles. The van der Waals surface area contributed by atoms with Gasteiger partial charge in [0.15, 0.2) is 0 Å². The zero-order chi connectivity index (χ0) is 14.2. The summed E-state index contributed by atoms with van der Waals surface area (Å²) in [4.78, 5) is 10.7. The van der Waals surface area contributed by atoms with Crippen LogP contribution in [0.1, 0.15) is 25.7 Å². The lowest BCUT2D eigenvalue weighted by molar-refractivity contribution is -0.118. The average Bonchev–Trinajstić information content (AvgIpc) is 2.47. The van der Waals surface area contributed by atoms with Crippen LogP contribution < -0.4 is 21.1 Å². The average molecular weight is 277 g/mol. The maximum absolute atomic E-state index is 10.7. The molecule has 110 valence electrons. The number of benzene rings is 1. The molecule has 5 heteroatoms. The molecule has 1 aliphatic rings. The van der Waals surface area contributed by atoms with E-state index in [4.69, 9.17) is 10.5 Å². The number of piperidine rings is 1. The third-order valence-electron chi connectivity index (χ3n) is 3.44. The molecular formula is C15H23N3O2. The van der Waals surface area contributed by atoms with Crippen LogP contribution in [0.25, 0.3) is 0 Å². The minimum absolute atomic E-state index is 0.235. The molecule has 1 saturated heterocycles. The summed E-state index contributed by atoms with van der Waals surface area (Å²) in [6.07, 6.45) is 4.00. The molecule has 0 aliphatic carbocycles. The number of carbonyl (C=O) groups is 1.